The maximum atomic E-state index is 5.59. The molecule has 0 saturated carbocycles. The standard InChI is InChI=1S/C8H15IO2/c1-5-4-7(10-3)11-6(2)8(5)9/h5-8H,4H2,1-3H3/t5-,6-,7+,8?/m0/s1. The molecule has 0 spiro atoms. The molecular weight excluding hydrogens is 255 g/mol. The smallest absolute Gasteiger partial charge is 0.157 e. The van der Waals surface area contributed by atoms with Gasteiger partial charge in [0.05, 0.1) is 6.10 Å². The number of alkyl halides is 1. The molecule has 66 valence electrons. The van der Waals surface area contributed by atoms with Crippen LogP contribution in [0, 0.1) is 5.92 Å². The summed E-state index contributed by atoms with van der Waals surface area (Å²) in [5.74, 6) is 0.698. The molecule has 1 saturated heterocycles. The van der Waals surface area contributed by atoms with Gasteiger partial charge in [0.1, 0.15) is 0 Å². The van der Waals surface area contributed by atoms with Crippen LogP contribution in [0.15, 0.2) is 0 Å². The van der Waals surface area contributed by atoms with Crippen LogP contribution in [0.25, 0.3) is 0 Å². The molecule has 1 aliphatic heterocycles. The summed E-state index contributed by atoms with van der Waals surface area (Å²) in [6.07, 6.45) is 1.37. The van der Waals surface area contributed by atoms with Crippen LogP contribution in [-0.4, -0.2) is 23.4 Å². The second kappa shape index (κ2) is 4.05. The van der Waals surface area contributed by atoms with Crippen molar-refractivity contribution >= 4 is 22.6 Å². The summed E-state index contributed by atoms with van der Waals surface area (Å²) in [6.45, 7) is 4.36. The van der Waals surface area contributed by atoms with Crippen molar-refractivity contribution in [3.05, 3.63) is 0 Å². The molecule has 1 heterocycles. The van der Waals surface area contributed by atoms with E-state index in [1.54, 1.807) is 7.11 Å². The van der Waals surface area contributed by atoms with E-state index in [1.165, 1.54) is 0 Å². The van der Waals surface area contributed by atoms with Crippen LogP contribution in [0.1, 0.15) is 20.3 Å². The van der Waals surface area contributed by atoms with Crippen molar-refractivity contribution < 1.29 is 9.47 Å². The van der Waals surface area contributed by atoms with Crippen molar-refractivity contribution in [1.82, 2.24) is 0 Å². The maximum Gasteiger partial charge on any atom is 0.157 e. The average Bonchev–Trinajstić information content (AvgIpc) is 1.99. The predicted octanol–water partition coefficient (Wildman–Crippen LogP) is 2.21. The molecule has 0 aromatic heterocycles. The molecular formula is C8H15IO2. The van der Waals surface area contributed by atoms with Gasteiger partial charge in [0.15, 0.2) is 6.29 Å². The van der Waals surface area contributed by atoms with Crippen molar-refractivity contribution in [3.8, 4) is 0 Å². The molecule has 0 N–H and O–H groups in total. The Labute approximate surface area is 81.8 Å². The lowest BCUT2D eigenvalue weighted by molar-refractivity contribution is -0.181. The van der Waals surface area contributed by atoms with E-state index in [-0.39, 0.29) is 6.29 Å². The van der Waals surface area contributed by atoms with E-state index in [2.05, 4.69) is 36.4 Å². The van der Waals surface area contributed by atoms with Gasteiger partial charge in [0.25, 0.3) is 0 Å². The summed E-state index contributed by atoms with van der Waals surface area (Å²) in [5, 5.41) is 0. The van der Waals surface area contributed by atoms with Crippen LogP contribution in [0.3, 0.4) is 0 Å². The number of ether oxygens (including phenoxy) is 2. The van der Waals surface area contributed by atoms with E-state index >= 15 is 0 Å². The molecule has 0 radical (unpaired) electrons. The fourth-order valence-corrected chi connectivity index (χ4v) is 1.88. The first kappa shape index (κ1) is 9.74. The summed E-state index contributed by atoms with van der Waals surface area (Å²) in [4.78, 5) is 0. The Morgan fingerprint density at radius 3 is 2.55 bits per heavy atom. The van der Waals surface area contributed by atoms with Gasteiger partial charge in [0, 0.05) is 17.5 Å². The van der Waals surface area contributed by atoms with Gasteiger partial charge in [-0.05, 0) is 12.8 Å². The molecule has 0 aliphatic carbocycles. The third-order valence-corrected chi connectivity index (χ3v) is 4.43. The number of hydrogen-bond acceptors (Lipinski definition) is 2. The minimum atomic E-state index is 0.0195. The minimum absolute atomic E-state index is 0.0195. The van der Waals surface area contributed by atoms with Gasteiger partial charge in [-0.3, -0.25) is 0 Å². The first-order chi connectivity index (χ1) is 5.15. The van der Waals surface area contributed by atoms with Crippen molar-refractivity contribution in [2.75, 3.05) is 7.11 Å². The fourth-order valence-electron chi connectivity index (χ4n) is 1.42. The Hall–Kier alpha value is 0.650. The molecule has 4 atom stereocenters. The monoisotopic (exact) mass is 270 g/mol. The highest BCUT2D eigenvalue weighted by atomic mass is 127. The Morgan fingerprint density at radius 1 is 1.45 bits per heavy atom. The van der Waals surface area contributed by atoms with Gasteiger partial charge < -0.3 is 9.47 Å². The second-order valence-corrected chi connectivity index (χ2v) is 4.60. The fraction of sp³-hybridized carbons (Fsp3) is 1.00. The first-order valence-corrected chi connectivity index (χ1v) is 5.22. The highest BCUT2D eigenvalue weighted by Gasteiger charge is 2.31. The number of hydrogen-bond donors (Lipinski definition) is 0. The molecule has 0 bridgehead atoms. The van der Waals surface area contributed by atoms with Crippen molar-refractivity contribution in [2.24, 2.45) is 5.92 Å². The van der Waals surface area contributed by atoms with Crippen molar-refractivity contribution in [2.45, 2.75) is 36.6 Å². The Balaban J connectivity index is 2.47. The lowest BCUT2D eigenvalue weighted by Gasteiger charge is -2.35. The van der Waals surface area contributed by atoms with Crippen LogP contribution in [0.4, 0.5) is 0 Å². The molecule has 0 aromatic rings. The zero-order chi connectivity index (χ0) is 8.43. The normalized spacial score (nSPS) is 45.8. The van der Waals surface area contributed by atoms with E-state index in [0.717, 1.165) is 6.42 Å². The number of halogens is 1. The number of rotatable bonds is 1. The van der Waals surface area contributed by atoms with Gasteiger partial charge in [0.2, 0.25) is 0 Å². The zero-order valence-corrected chi connectivity index (χ0v) is 9.37. The molecule has 0 amide bonds. The second-order valence-electron chi connectivity index (χ2n) is 3.16. The summed E-state index contributed by atoms with van der Waals surface area (Å²) >= 11 is 2.45. The molecule has 11 heavy (non-hydrogen) atoms. The van der Waals surface area contributed by atoms with Gasteiger partial charge in [-0.2, -0.15) is 0 Å². The van der Waals surface area contributed by atoms with Crippen LogP contribution >= 0.6 is 22.6 Å². The van der Waals surface area contributed by atoms with E-state index in [0.29, 0.717) is 15.9 Å². The molecule has 2 nitrogen and oxygen atoms in total. The lowest BCUT2D eigenvalue weighted by atomic mass is 9.97. The van der Waals surface area contributed by atoms with Crippen LogP contribution in [-0.2, 0) is 9.47 Å². The Morgan fingerprint density at radius 2 is 2.09 bits per heavy atom. The van der Waals surface area contributed by atoms with Crippen molar-refractivity contribution in [3.63, 3.8) is 0 Å². The van der Waals surface area contributed by atoms with E-state index in [4.69, 9.17) is 9.47 Å². The van der Waals surface area contributed by atoms with Gasteiger partial charge in [-0.1, -0.05) is 29.5 Å². The van der Waals surface area contributed by atoms with Gasteiger partial charge >= 0.3 is 0 Å². The van der Waals surface area contributed by atoms with E-state index in [9.17, 15) is 0 Å². The van der Waals surface area contributed by atoms with Crippen LogP contribution in [0.2, 0.25) is 0 Å². The van der Waals surface area contributed by atoms with Crippen LogP contribution < -0.4 is 0 Å². The molecule has 0 aromatic carbocycles. The topological polar surface area (TPSA) is 18.5 Å². The average molecular weight is 270 g/mol. The SMILES string of the molecule is CO[C@H]1C[C@H](C)C(I)[C@H](C)O1. The predicted molar refractivity (Wildman–Crippen MR) is 52.9 cm³/mol. The summed E-state index contributed by atoms with van der Waals surface area (Å²) < 4.78 is 11.4. The maximum absolute atomic E-state index is 5.59. The third-order valence-electron chi connectivity index (χ3n) is 2.19. The summed E-state index contributed by atoms with van der Waals surface area (Å²) in [7, 11) is 1.71. The van der Waals surface area contributed by atoms with Gasteiger partial charge in [-0.25, -0.2) is 0 Å². The van der Waals surface area contributed by atoms with Crippen molar-refractivity contribution in [1.29, 1.82) is 0 Å². The third kappa shape index (κ3) is 2.29. The molecule has 1 aliphatic rings. The molecule has 1 rings (SSSR count). The van der Waals surface area contributed by atoms with Crippen LogP contribution in [0.5, 0.6) is 0 Å². The van der Waals surface area contributed by atoms with E-state index in [1.807, 2.05) is 0 Å². The number of methoxy groups -OCH3 is 1. The Bertz CT molecular complexity index is 117. The lowest BCUT2D eigenvalue weighted by Crippen LogP contribution is -2.39. The summed E-state index contributed by atoms with van der Waals surface area (Å²) in [6, 6.07) is 0. The zero-order valence-electron chi connectivity index (χ0n) is 7.21. The highest BCUT2D eigenvalue weighted by Crippen LogP contribution is 2.30. The Kier molecular flexibility index (Phi) is 3.58. The summed E-state index contributed by atoms with van der Waals surface area (Å²) in [5.41, 5.74) is 0. The largest absolute Gasteiger partial charge is 0.356 e. The highest BCUT2D eigenvalue weighted by molar-refractivity contribution is 14.1. The van der Waals surface area contributed by atoms with Gasteiger partial charge in [-0.15, -0.1) is 0 Å². The minimum Gasteiger partial charge on any atom is -0.356 e. The first-order valence-electron chi connectivity index (χ1n) is 3.97. The quantitative estimate of drug-likeness (QED) is 0.537. The molecule has 3 heteroatoms. The van der Waals surface area contributed by atoms with E-state index < -0.39 is 0 Å². The molecule has 1 fully saturated rings. The molecule has 1 unspecified atom stereocenters.